The maximum atomic E-state index is 11.0. The van der Waals surface area contributed by atoms with Gasteiger partial charge in [-0.15, -0.1) is 0 Å². The van der Waals surface area contributed by atoms with E-state index in [0.29, 0.717) is 24.9 Å². The third kappa shape index (κ3) is 4.57. The van der Waals surface area contributed by atoms with Crippen LogP contribution in [0.1, 0.15) is 46.0 Å². The van der Waals surface area contributed by atoms with E-state index in [1.165, 1.54) is 18.6 Å². The number of nitrogens with zero attached hydrogens (tertiary/aromatic N) is 3. The monoisotopic (exact) mass is 420 g/mol. The van der Waals surface area contributed by atoms with Crippen LogP contribution in [0, 0.1) is 10.1 Å². The minimum atomic E-state index is -0.394. The fourth-order valence-corrected chi connectivity index (χ4v) is 4.51. The molecule has 2 fully saturated rings. The van der Waals surface area contributed by atoms with Crippen molar-refractivity contribution in [3.05, 3.63) is 34.4 Å². The van der Waals surface area contributed by atoms with Gasteiger partial charge in [-0.3, -0.25) is 15.1 Å². The molecule has 8 nitrogen and oxygen atoms in total. The number of non-ortho nitro benzene ring substituents is 1. The van der Waals surface area contributed by atoms with Crippen LogP contribution < -0.4 is 10.2 Å². The number of anilines is 1. The number of aliphatic imine (C=N–C) groups is 1. The van der Waals surface area contributed by atoms with Crippen LogP contribution in [0.2, 0.25) is 0 Å². The third-order valence-electron chi connectivity index (χ3n) is 5.40. The minimum Gasteiger partial charge on any atom is -0.351 e. The summed E-state index contributed by atoms with van der Waals surface area (Å²) in [6.45, 7) is 5.37. The zero-order valence-corrected chi connectivity index (χ0v) is 17.7. The van der Waals surface area contributed by atoms with Crippen molar-refractivity contribution in [3.8, 4) is 0 Å². The molecule has 0 amide bonds. The number of thiocarbonyl (C=S) groups is 1. The van der Waals surface area contributed by atoms with E-state index < -0.39 is 4.92 Å². The fraction of sp³-hybridized carbons (Fsp3) is 0.600. The smallest absolute Gasteiger partial charge is 0.269 e. The van der Waals surface area contributed by atoms with Gasteiger partial charge in [-0.05, 0) is 51.0 Å². The van der Waals surface area contributed by atoms with Crippen molar-refractivity contribution in [2.45, 2.75) is 57.8 Å². The summed E-state index contributed by atoms with van der Waals surface area (Å²) in [5.74, 6) is 0.838. The van der Waals surface area contributed by atoms with E-state index in [-0.39, 0.29) is 17.5 Å². The molecule has 158 valence electrons. The summed E-state index contributed by atoms with van der Waals surface area (Å²) < 4.78 is 11.2. The predicted octanol–water partition coefficient (Wildman–Crippen LogP) is 3.79. The van der Waals surface area contributed by atoms with E-state index in [0.717, 1.165) is 37.2 Å². The van der Waals surface area contributed by atoms with Gasteiger partial charge < -0.3 is 19.7 Å². The van der Waals surface area contributed by atoms with Gasteiger partial charge in [0.05, 0.1) is 11.5 Å². The van der Waals surface area contributed by atoms with E-state index in [9.17, 15) is 10.1 Å². The Morgan fingerprint density at radius 1 is 1.21 bits per heavy atom. The van der Waals surface area contributed by atoms with Crippen LogP contribution in [0.4, 0.5) is 11.4 Å². The van der Waals surface area contributed by atoms with E-state index in [1.807, 2.05) is 13.8 Å². The van der Waals surface area contributed by atoms with Gasteiger partial charge in [-0.1, -0.05) is 19.3 Å². The van der Waals surface area contributed by atoms with Gasteiger partial charge in [0, 0.05) is 31.0 Å². The number of hydrogen-bond donors (Lipinski definition) is 1. The van der Waals surface area contributed by atoms with E-state index in [2.05, 4.69) is 10.2 Å². The van der Waals surface area contributed by atoms with Crippen LogP contribution in [0.15, 0.2) is 29.3 Å². The average Bonchev–Trinajstić information content (AvgIpc) is 2.97. The quantitative estimate of drug-likeness (QED) is 0.296. The van der Waals surface area contributed by atoms with Crippen molar-refractivity contribution in [2.24, 2.45) is 4.99 Å². The van der Waals surface area contributed by atoms with Crippen LogP contribution >= 0.6 is 12.2 Å². The highest BCUT2D eigenvalue weighted by Gasteiger charge is 2.50. The van der Waals surface area contributed by atoms with Crippen molar-refractivity contribution in [3.63, 3.8) is 0 Å². The topological polar surface area (TPSA) is 89.2 Å². The third-order valence-corrected chi connectivity index (χ3v) is 5.68. The number of nitro groups is 1. The molecule has 0 bridgehead atoms. The first kappa shape index (κ1) is 21.6. The van der Waals surface area contributed by atoms with Crippen LogP contribution in [0.3, 0.4) is 0 Å². The molecule has 29 heavy (non-hydrogen) atoms. The SMILES string of the molecule is CCOC(CN=C1NC(=S)N(c2ccc([N+](=O)[O-])cc2)C12CCCCC2)OCC. The number of ether oxygens (including phenoxy) is 2. The molecule has 1 heterocycles. The molecule has 2 aliphatic rings. The lowest BCUT2D eigenvalue weighted by Gasteiger charge is -2.41. The van der Waals surface area contributed by atoms with Crippen molar-refractivity contribution in [1.29, 1.82) is 0 Å². The second-order valence-electron chi connectivity index (χ2n) is 7.16. The zero-order chi connectivity index (χ0) is 20.9. The van der Waals surface area contributed by atoms with Crippen molar-refractivity contribution in [1.82, 2.24) is 5.32 Å². The number of nitro benzene ring substituents is 1. The van der Waals surface area contributed by atoms with E-state index >= 15 is 0 Å². The number of nitrogens with one attached hydrogen (secondary N) is 1. The molecule has 1 N–H and O–H groups in total. The van der Waals surface area contributed by atoms with Gasteiger partial charge in [-0.25, -0.2) is 0 Å². The number of hydrogen-bond acceptors (Lipinski definition) is 6. The first-order chi connectivity index (χ1) is 14.0. The first-order valence-corrected chi connectivity index (χ1v) is 10.6. The highest BCUT2D eigenvalue weighted by molar-refractivity contribution is 7.80. The number of rotatable bonds is 8. The maximum Gasteiger partial charge on any atom is 0.269 e. The van der Waals surface area contributed by atoms with Gasteiger partial charge in [0.1, 0.15) is 11.4 Å². The molecule has 0 unspecified atom stereocenters. The molecule has 1 spiro atoms. The number of benzene rings is 1. The van der Waals surface area contributed by atoms with Gasteiger partial charge in [0.15, 0.2) is 11.4 Å². The Labute approximate surface area is 176 Å². The Balaban J connectivity index is 1.91. The predicted molar refractivity (Wildman–Crippen MR) is 116 cm³/mol. The molecule has 1 saturated heterocycles. The normalized spacial score (nSPS) is 19.9. The summed E-state index contributed by atoms with van der Waals surface area (Å²) in [4.78, 5) is 17.5. The van der Waals surface area contributed by atoms with Crippen molar-refractivity contribution < 1.29 is 14.4 Å². The second kappa shape index (κ2) is 9.60. The summed E-state index contributed by atoms with van der Waals surface area (Å²) in [6, 6.07) is 6.55. The molecular formula is C20H28N4O4S. The average molecular weight is 421 g/mol. The second-order valence-corrected chi connectivity index (χ2v) is 7.55. The lowest BCUT2D eigenvalue weighted by Crippen LogP contribution is -2.51. The molecule has 1 aliphatic heterocycles. The molecule has 1 saturated carbocycles. The Morgan fingerprint density at radius 2 is 1.83 bits per heavy atom. The highest BCUT2D eigenvalue weighted by Crippen LogP contribution is 2.41. The van der Waals surface area contributed by atoms with Gasteiger partial charge in [-0.2, -0.15) is 0 Å². The van der Waals surface area contributed by atoms with Gasteiger partial charge in [0.2, 0.25) is 0 Å². The van der Waals surface area contributed by atoms with Crippen molar-refractivity contribution in [2.75, 3.05) is 24.7 Å². The Hall–Kier alpha value is -2.10. The number of amidine groups is 1. The largest absolute Gasteiger partial charge is 0.351 e. The van der Waals surface area contributed by atoms with E-state index in [4.69, 9.17) is 26.7 Å². The maximum absolute atomic E-state index is 11.0. The molecule has 1 aromatic rings. The summed E-state index contributed by atoms with van der Waals surface area (Å²) >= 11 is 5.66. The molecule has 0 aromatic heterocycles. The molecule has 9 heteroatoms. The first-order valence-electron chi connectivity index (χ1n) is 10.2. The van der Waals surface area contributed by atoms with Gasteiger partial charge >= 0.3 is 0 Å². The summed E-state index contributed by atoms with van der Waals surface area (Å²) in [5.41, 5.74) is 0.551. The van der Waals surface area contributed by atoms with E-state index in [1.54, 1.807) is 12.1 Å². The summed E-state index contributed by atoms with van der Waals surface area (Å²) in [6.07, 6.45) is 4.78. The van der Waals surface area contributed by atoms with Crippen molar-refractivity contribution >= 4 is 34.5 Å². The standard InChI is InChI=1S/C20H28N4O4S/c1-3-27-17(28-4-2)14-21-18-20(12-6-5-7-13-20)23(19(29)22-18)15-8-10-16(11-9-15)24(25)26/h8-11,17H,3-7,12-14H2,1-2H3,(H,21,22,29). The van der Waals surface area contributed by atoms with Gasteiger partial charge in [0.25, 0.3) is 5.69 Å². The molecule has 1 aliphatic carbocycles. The van der Waals surface area contributed by atoms with Crippen LogP contribution in [-0.4, -0.2) is 47.5 Å². The molecule has 3 rings (SSSR count). The lowest BCUT2D eigenvalue weighted by molar-refractivity contribution is -0.384. The highest BCUT2D eigenvalue weighted by atomic mass is 32.1. The Kier molecular flexibility index (Phi) is 7.15. The Bertz CT molecular complexity index is 756. The summed E-state index contributed by atoms with van der Waals surface area (Å²) in [5, 5.41) is 14.9. The van der Waals surface area contributed by atoms with Crippen LogP contribution in [0.5, 0.6) is 0 Å². The molecule has 0 radical (unpaired) electrons. The van der Waals surface area contributed by atoms with Crippen LogP contribution in [-0.2, 0) is 9.47 Å². The minimum absolute atomic E-state index is 0.0645. The molecular weight excluding hydrogens is 392 g/mol. The lowest BCUT2D eigenvalue weighted by atomic mass is 9.80. The van der Waals surface area contributed by atoms with Crippen LogP contribution in [0.25, 0.3) is 0 Å². The molecule has 1 aromatic carbocycles. The molecule has 0 atom stereocenters. The Morgan fingerprint density at radius 3 is 2.38 bits per heavy atom. The summed E-state index contributed by atoms with van der Waals surface area (Å²) in [7, 11) is 0. The zero-order valence-electron chi connectivity index (χ0n) is 16.9. The fourth-order valence-electron chi connectivity index (χ4n) is 4.14.